The van der Waals surface area contributed by atoms with Crippen LogP contribution in [-0.4, -0.2) is 18.1 Å². The number of ether oxygens (including phenoxy) is 1. The normalized spacial score (nSPS) is 12.9. The Hall–Kier alpha value is -2.05. The molecule has 0 spiro atoms. The van der Waals surface area contributed by atoms with E-state index in [1.807, 2.05) is 0 Å². The van der Waals surface area contributed by atoms with Crippen LogP contribution in [0.15, 0.2) is 30.3 Å². The summed E-state index contributed by atoms with van der Waals surface area (Å²) >= 11 is 0. The summed E-state index contributed by atoms with van der Waals surface area (Å²) in [5.74, 6) is -3.63. The summed E-state index contributed by atoms with van der Waals surface area (Å²) in [4.78, 5) is 21.5. The molecule has 2 N–H and O–H groups in total. The molecule has 1 aromatic rings. The van der Waals surface area contributed by atoms with Gasteiger partial charge in [0.1, 0.15) is 0 Å². The van der Waals surface area contributed by atoms with Crippen LogP contribution in [0.4, 0.5) is 13.2 Å². The van der Waals surface area contributed by atoms with Gasteiger partial charge in [-0.3, -0.25) is 4.79 Å². The van der Waals surface area contributed by atoms with Crippen molar-refractivity contribution >= 4 is 11.9 Å². The van der Waals surface area contributed by atoms with E-state index in [1.165, 1.54) is 24.3 Å². The number of benzene rings is 1. The fourth-order valence-electron chi connectivity index (χ4n) is 1.09. The largest absolute Gasteiger partial charge is 0.490 e. The molecule has 17 heavy (non-hydrogen) atoms. The van der Waals surface area contributed by atoms with E-state index in [0.717, 1.165) is 0 Å². The van der Waals surface area contributed by atoms with E-state index in [-0.39, 0.29) is 5.56 Å². The molecule has 0 saturated heterocycles. The number of hydrogen-bond acceptors (Lipinski definition) is 3. The van der Waals surface area contributed by atoms with Gasteiger partial charge in [0.2, 0.25) is 6.10 Å². The SMILES string of the molecule is NC(=O)C(OC(=O)C(F)(F)F)c1ccccc1. The van der Waals surface area contributed by atoms with Gasteiger partial charge in [0, 0.05) is 5.56 Å². The first kappa shape index (κ1) is 13.0. The number of carbonyl (C=O) groups excluding carboxylic acids is 2. The maximum Gasteiger partial charge on any atom is 0.490 e. The third-order valence-electron chi connectivity index (χ3n) is 1.82. The van der Waals surface area contributed by atoms with Crippen molar-refractivity contribution in [1.29, 1.82) is 0 Å². The molecule has 1 atom stereocenters. The molecular formula is C10H8F3NO3. The van der Waals surface area contributed by atoms with E-state index in [4.69, 9.17) is 5.73 Å². The van der Waals surface area contributed by atoms with Crippen LogP contribution in [0.2, 0.25) is 0 Å². The summed E-state index contributed by atoms with van der Waals surface area (Å²) in [7, 11) is 0. The van der Waals surface area contributed by atoms with Crippen LogP contribution in [0.25, 0.3) is 0 Å². The average molecular weight is 247 g/mol. The standard InChI is InChI=1S/C10H8F3NO3/c11-10(12,13)9(16)17-7(8(14)15)6-4-2-1-3-5-6/h1-5,7H,(H2,14,15). The molecule has 1 aromatic carbocycles. The zero-order chi connectivity index (χ0) is 13.1. The lowest BCUT2D eigenvalue weighted by Crippen LogP contribution is -2.32. The van der Waals surface area contributed by atoms with Crippen molar-refractivity contribution < 1.29 is 27.5 Å². The number of halogens is 3. The first-order chi connectivity index (χ1) is 7.82. The Bertz CT molecular complexity index is 417. The Morgan fingerprint density at radius 2 is 1.71 bits per heavy atom. The second-order valence-corrected chi connectivity index (χ2v) is 3.10. The van der Waals surface area contributed by atoms with Gasteiger partial charge in [-0.05, 0) is 0 Å². The highest BCUT2D eigenvalue weighted by Crippen LogP contribution is 2.23. The highest BCUT2D eigenvalue weighted by molar-refractivity contribution is 5.85. The van der Waals surface area contributed by atoms with Gasteiger partial charge >= 0.3 is 12.1 Å². The molecule has 1 unspecified atom stereocenters. The van der Waals surface area contributed by atoms with E-state index in [0.29, 0.717) is 0 Å². The molecule has 0 aliphatic rings. The highest BCUT2D eigenvalue weighted by Gasteiger charge is 2.43. The summed E-state index contributed by atoms with van der Waals surface area (Å²) < 4.78 is 39.9. The first-order valence-electron chi connectivity index (χ1n) is 4.44. The average Bonchev–Trinajstić information content (AvgIpc) is 2.25. The zero-order valence-electron chi connectivity index (χ0n) is 8.40. The van der Waals surface area contributed by atoms with Crippen molar-refractivity contribution in [3.8, 4) is 0 Å². The molecule has 1 rings (SSSR count). The van der Waals surface area contributed by atoms with Crippen LogP contribution in [-0.2, 0) is 14.3 Å². The van der Waals surface area contributed by atoms with Crippen LogP contribution in [0.5, 0.6) is 0 Å². The molecular weight excluding hydrogens is 239 g/mol. The molecule has 92 valence electrons. The molecule has 0 bridgehead atoms. The van der Waals surface area contributed by atoms with Crippen molar-refractivity contribution in [2.45, 2.75) is 12.3 Å². The number of esters is 1. The Morgan fingerprint density at radius 3 is 2.12 bits per heavy atom. The van der Waals surface area contributed by atoms with E-state index >= 15 is 0 Å². The Labute approximate surface area is 94.2 Å². The second-order valence-electron chi connectivity index (χ2n) is 3.10. The van der Waals surface area contributed by atoms with Crippen LogP contribution < -0.4 is 5.73 Å². The van der Waals surface area contributed by atoms with E-state index in [1.54, 1.807) is 6.07 Å². The van der Waals surface area contributed by atoms with E-state index in [2.05, 4.69) is 4.74 Å². The predicted molar refractivity (Wildman–Crippen MR) is 50.5 cm³/mol. The molecule has 0 saturated carbocycles. The van der Waals surface area contributed by atoms with Crippen LogP contribution in [0.1, 0.15) is 11.7 Å². The lowest BCUT2D eigenvalue weighted by Gasteiger charge is -2.15. The summed E-state index contributed by atoms with van der Waals surface area (Å²) in [6, 6.07) is 7.21. The quantitative estimate of drug-likeness (QED) is 0.819. The minimum absolute atomic E-state index is 0.0811. The van der Waals surface area contributed by atoms with Gasteiger partial charge in [0.15, 0.2) is 0 Å². The second kappa shape index (κ2) is 4.86. The fourth-order valence-corrected chi connectivity index (χ4v) is 1.09. The number of nitrogens with two attached hydrogens (primary N) is 1. The Balaban J connectivity index is 2.90. The van der Waals surface area contributed by atoms with Gasteiger partial charge in [-0.15, -0.1) is 0 Å². The number of amides is 1. The lowest BCUT2D eigenvalue weighted by molar-refractivity contribution is -0.205. The van der Waals surface area contributed by atoms with Gasteiger partial charge in [0.05, 0.1) is 0 Å². The predicted octanol–water partition coefficient (Wildman–Crippen LogP) is 1.32. The highest BCUT2D eigenvalue weighted by atomic mass is 19.4. The van der Waals surface area contributed by atoms with Crippen molar-refractivity contribution in [2.75, 3.05) is 0 Å². The first-order valence-corrected chi connectivity index (χ1v) is 4.44. The maximum absolute atomic E-state index is 12.0. The minimum atomic E-state index is -5.16. The van der Waals surface area contributed by atoms with Gasteiger partial charge in [-0.2, -0.15) is 13.2 Å². The molecule has 4 nitrogen and oxygen atoms in total. The zero-order valence-corrected chi connectivity index (χ0v) is 8.40. The number of alkyl halides is 3. The van der Waals surface area contributed by atoms with E-state index in [9.17, 15) is 22.8 Å². The number of hydrogen-bond donors (Lipinski definition) is 1. The number of rotatable bonds is 3. The third kappa shape index (κ3) is 3.47. The van der Waals surface area contributed by atoms with Crippen molar-refractivity contribution in [3.63, 3.8) is 0 Å². The third-order valence-corrected chi connectivity index (χ3v) is 1.82. The summed E-state index contributed by atoms with van der Waals surface area (Å²) in [5, 5.41) is 0. The molecule has 7 heteroatoms. The van der Waals surface area contributed by atoms with Gasteiger partial charge in [-0.25, -0.2) is 4.79 Å². The molecule has 0 aromatic heterocycles. The topological polar surface area (TPSA) is 69.4 Å². The van der Waals surface area contributed by atoms with Crippen molar-refractivity contribution in [1.82, 2.24) is 0 Å². The summed E-state index contributed by atoms with van der Waals surface area (Å²) in [6.07, 6.45) is -6.91. The Morgan fingerprint density at radius 1 is 1.18 bits per heavy atom. The van der Waals surface area contributed by atoms with Gasteiger partial charge in [-0.1, -0.05) is 30.3 Å². The lowest BCUT2D eigenvalue weighted by atomic mass is 10.1. The molecule has 1 amide bonds. The number of primary amides is 1. The van der Waals surface area contributed by atoms with Crippen LogP contribution >= 0.6 is 0 Å². The molecule has 0 aliphatic carbocycles. The number of carbonyl (C=O) groups is 2. The van der Waals surface area contributed by atoms with Crippen LogP contribution in [0, 0.1) is 0 Å². The molecule has 0 aliphatic heterocycles. The van der Waals surface area contributed by atoms with Crippen LogP contribution in [0.3, 0.4) is 0 Å². The maximum atomic E-state index is 12.0. The van der Waals surface area contributed by atoms with Gasteiger partial charge in [0.25, 0.3) is 5.91 Å². The molecule has 0 heterocycles. The molecule has 0 radical (unpaired) electrons. The smallest absolute Gasteiger partial charge is 0.441 e. The van der Waals surface area contributed by atoms with Crippen molar-refractivity contribution in [2.24, 2.45) is 5.73 Å². The summed E-state index contributed by atoms with van der Waals surface area (Å²) in [5.41, 5.74) is 4.96. The fraction of sp³-hybridized carbons (Fsp3) is 0.200. The minimum Gasteiger partial charge on any atom is -0.441 e. The summed E-state index contributed by atoms with van der Waals surface area (Å²) in [6.45, 7) is 0. The molecule has 0 fully saturated rings. The Kier molecular flexibility index (Phi) is 3.72. The van der Waals surface area contributed by atoms with E-state index < -0.39 is 24.2 Å². The van der Waals surface area contributed by atoms with Crippen molar-refractivity contribution in [3.05, 3.63) is 35.9 Å². The van der Waals surface area contributed by atoms with Gasteiger partial charge < -0.3 is 10.5 Å². The monoisotopic (exact) mass is 247 g/mol.